The molecule has 0 unspecified atom stereocenters. The van der Waals surface area contributed by atoms with E-state index in [1.807, 2.05) is 24.3 Å². The van der Waals surface area contributed by atoms with Gasteiger partial charge in [0, 0.05) is 6.42 Å². The molecule has 4 heteroatoms. The molecule has 1 saturated heterocycles. The summed E-state index contributed by atoms with van der Waals surface area (Å²) in [7, 11) is 0. The standard InChI is InChI=1S/C26H40O4/c1-3-5-7-8-9-10-15-18-22(27)24-20-25(23(29-24)19-12-6-4-2)30-26(28)21-16-13-11-14-17-21/h3,11,13-14,16-17,22-25,27H,1,4-10,12,15,18-20H2,2H3/t22-,23+,24-,25-/m0/s1. The number of hydrogen-bond acceptors (Lipinski definition) is 4. The van der Waals surface area contributed by atoms with Crippen molar-refractivity contribution in [2.45, 2.75) is 108 Å². The van der Waals surface area contributed by atoms with Gasteiger partial charge < -0.3 is 14.6 Å². The number of unbranched alkanes of at least 4 members (excludes halogenated alkanes) is 7. The summed E-state index contributed by atoms with van der Waals surface area (Å²) in [6, 6.07) is 9.10. The summed E-state index contributed by atoms with van der Waals surface area (Å²) in [5, 5.41) is 10.7. The van der Waals surface area contributed by atoms with Crippen LogP contribution in [-0.2, 0) is 9.47 Å². The van der Waals surface area contributed by atoms with Gasteiger partial charge in [0.2, 0.25) is 0 Å². The number of esters is 1. The van der Waals surface area contributed by atoms with Crippen LogP contribution < -0.4 is 0 Å². The summed E-state index contributed by atoms with van der Waals surface area (Å²) in [6.07, 6.45) is 13.2. The SMILES string of the molecule is C=CCCCCCCC[C@H](O)[C@@H]1C[C@H](OC(=O)c2ccccc2)[C@@H](CCCCC)O1. The fourth-order valence-electron chi connectivity index (χ4n) is 4.11. The molecule has 1 aromatic rings. The predicted octanol–water partition coefficient (Wildman–Crippen LogP) is 6.23. The van der Waals surface area contributed by atoms with Gasteiger partial charge in [-0.1, -0.05) is 76.1 Å². The summed E-state index contributed by atoms with van der Waals surface area (Å²) in [5.74, 6) is -0.306. The number of hydrogen-bond donors (Lipinski definition) is 1. The third-order valence-corrected chi connectivity index (χ3v) is 5.93. The van der Waals surface area contributed by atoms with Crippen LogP contribution in [0.25, 0.3) is 0 Å². The lowest BCUT2D eigenvalue weighted by Gasteiger charge is -2.20. The summed E-state index contributed by atoms with van der Waals surface area (Å²) >= 11 is 0. The summed E-state index contributed by atoms with van der Waals surface area (Å²) < 4.78 is 12.0. The Morgan fingerprint density at radius 1 is 1.17 bits per heavy atom. The van der Waals surface area contributed by atoms with Gasteiger partial charge in [-0.15, -0.1) is 6.58 Å². The van der Waals surface area contributed by atoms with Crippen molar-refractivity contribution in [2.24, 2.45) is 0 Å². The lowest BCUT2D eigenvalue weighted by atomic mass is 10.00. The van der Waals surface area contributed by atoms with Crippen LogP contribution in [0.3, 0.4) is 0 Å². The molecule has 4 nitrogen and oxygen atoms in total. The number of rotatable bonds is 15. The minimum Gasteiger partial charge on any atom is -0.456 e. The van der Waals surface area contributed by atoms with Crippen LogP contribution in [0.5, 0.6) is 0 Å². The molecule has 1 fully saturated rings. The molecule has 4 atom stereocenters. The minimum absolute atomic E-state index is 0.122. The van der Waals surface area contributed by atoms with Gasteiger partial charge in [-0.2, -0.15) is 0 Å². The molecule has 168 valence electrons. The lowest BCUT2D eigenvalue weighted by Crippen LogP contribution is -2.27. The van der Waals surface area contributed by atoms with Crippen LogP contribution >= 0.6 is 0 Å². The predicted molar refractivity (Wildman–Crippen MR) is 122 cm³/mol. The van der Waals surface area contributed by atoms with Crippen molar-refractivity contribution >= 4 is 5.97 Å². The highest BCUT2D eigenvalue weighted by molar-refractivity contribution is 5.89. The number of carbonyl (C=O) groups excluding carboxylic acids is 1. The molecule has 0 amide bonds. The molecule has 0 spiro atoms. The number of aliphatic hydroxyl groups excluding tert-OH is 1. The quantitative estimate of drug-likeness (QED) is 0.209. The Labute approximate surface area is 182 Å². The Hall–Kier alpha value is -1.65. The van der Waals surface area contributed by atoms with E-state index >= 15 is 0 Å². The molecule has 1 aromatic carbocycles. The third kappa shape index (κ3) is 8.61. The highest BCUT2D eigenvalue weighted by Crippen LogP contribution is 2.31. The van der Waals surface area contributed by atoms with E-state index in [4.69, 9.17) is 9.47 Å². The average Bonchev–Trinajstić information content (AvgIpc) is 3.16. The first kappa shape index (κ1) is 24.6. The van der Waals surface area contributed by atoms with Crippen molar-refractivity contribution in [3.05, 3.63) is 48.6 Å². The highest BCUT2D eigenvalue weighted by Gasteiger charge is 2.40. The van der Waals surface area contributed by atoms with Crippen molar-refractivity contribution in [1.29, 1.82) is 0 Å². The first-order chi connectivity index (χ1) is 14.7. The smallest absolute Gasteiger partial charge is 0.338 e. The van der Waals surface area contributed by atoms with Gasteiger partial charge in [0.1, 0.15) is 6.10 Å². The molecule has 1 heterocycles. The van der Waals surface area contributed by atoms with E-state index in [0.717, 1.165) is 51.4 Å². The maximum atomic E-state index is 12.5. The largest absolute Gasteiger partial charge is 0.456 e. The van der Waals surface area contributed by atoms with Crippen LogP contribution in [0.2, 0.25) is 0 Å². The third-order valence-electron chi connectivity index (χ3n) is 5.93. The fraction of sp³-hybridized carbons (Fsp3) is 0.654. The van der Waals surface area contributed by atoms with Crippen molar-refractivity contribution in [3.63, 3.8) is 0 Å². The highest BCUT2D eigenvalue weighted by atomic mass is 16.6. The van der Waals surface area contributed by atoms with E-state index in [9.17, 15) is 9.90 Å². The number of allylic oxidation sites excluding steroid dienone is 1. The Balaban J connectivity index is 1.82. The van der Waals surface area contributed by atoms with Gasteiger partial charge in [0.15, 0.2) is 0 Å². The van der Waals surface area contributed by atoms with Gasteiger partial charge in [-0.3, -0.25) is 0 Å². The number of aliphatic hydroxyl groups is 1. The number of benzene rings is 1. The molecule has 0 saturated carbocycles. The molecule has 1 aliphatic rings. The molecule has 0 bridgehead atoms. The second-order valence-electron chi connectivity index (χ2n) is 8.46. The van der Waals surface area contributed by atoms with Crippen molar-refractivity contribution in [3.8, 4) is 0 Å². The van der Waals surface area contributed by atoms with Gasteiger partial charge >= 0.3 is 5.97 Å². The normalized spacial score (nSPS) is 22.0. The van der Waals surface area contributed by atoms with Gasteiger partial charge in [0.05, 0.1) is 23.9 Å². The monoisotopic (exact) mass is 416 g/mol. The second kappa shape index (κ2) is 14.4. The zero-order valence-electron chi connectivity index (χ0n) is 18.6. The molecule has 1 N–H and O–H groups in total. The number of ether oxygens (including phenoxy) is 2. The first-order valence-corrected chi connectivity index (χ1v) is 11.9. The Morgan fingerprint density at radius 3 is 2.63 bits per heavy atom. The minimum atomic E-state index is -0.493. The van der Waals surface area contributed by atoms with Gasteiger partial charge in [-0.05, 0) is 37.8 Å². The van der Waals surface area contributed by atoms with Crippen LogP contribution in [0.1, 0.15) is 94.3 Å². The molecular weight excluding hydrogens is 376 g/mol. The lowest BCUT2D eigenvalue weighted by molar-refractivity contribution is -0.0531. The van der Waals surface area contributed by atoms with Gasteiger partial charge in [0.25, 0.3) is 0 Å². The fourth-order valence-corrected chi connectivity index (χ4v) is 4.11. The molecule has 1 aliphatic heterocycles. The maximum absolute atomic E-state index is 12.5. The summed E-state index contributed by atoms with van der Waals surface area (Å²) in [5.41, 5.74) is 0.560. The van der Waals surface area contributed by atoms with Crippen molar-refractivity contribution in [1.82, 2.24) is 0 Å². The van der Waals surface area contributed by atoms with E-state index in [-0.39, 0.29) is 24.3 Å². The second-order valence-corrected chi connectivity index (χ2v) is 8.46. The molecule has 2 rings (SSSR count). The van der Waals surface area contributed by atoms with E-state index in [2.05, 4.69) is 13.5 Å². The maximum Gasteiger partial charge on any atom is 0.338 e. The molecule has 0 radical (unpaired) electrons. The van der Waals surface area contributed by atoms with Crippen LogP contribution in [0.4, 0.5) is 0 Å². The summed E-state index contributed by atoms with van der Waals surface area (Å²) in [6.45, 7) is 5.93. The topological polar surface area (TPSA) is 55.8 Å². The van der Waals surface area contributed by atoms with E-state index in [1.165, 1.54) is 19.3 Å². The van der Waals surface area contributed by atoms with E-state index in [0.29, 0.717) is 12.0 Å². The molecule has 30 heavy (non-hydrogen) atoms. The summed E-state index contributed by atoms with van der Waals surface area (Å²) in [4.78, 5) is 12.5. The Bertz CT molecular complexity index is 600. The van der Waals surface area contributed by atoms with Gasteiger partial charge in [-0.25, -0.2) is 4.79 Å². The number of carbonyl (C=O) groups is 1. The Morgan fingerprint density at radius 2 is 1.90 bits per heavy atom. The van der Waals surface area contributed by atoms with E-state index in [1.54, 1.807) is 12.1 Å². The van der Waals surface area contributed by atoms with Crippen LogP contribution in [0.15, 0.2) is 43.0 Å². The van der Waals surface area contributed by atoms with Crippen LogP contribution in [0, 0.1) is 0 Å². The first-order valence-electron chi connectivity index (χ1n) is 11.9. The average molecular weight is 417 g/mol. The van der Waals surface area contributed by atoms with Crippen molar-refractivity contribution < 1.29 is 19.4 Å². The molecular formula is C26H40O4. The zero-order valence-corrected chi connectivity index (χ0v) is 18.6. The molecule has 0 aliphatic carbocycles. The van der Waals surface area contributed by atoms with Crippen molar-refractivity contribution in [2.75, 3.05) is 0 Å². The van der Waals surface area contributed by atoms with E-state index < -0.39 is 6.10 Å². The van der Waals surface area contributed by atoms with Crippen LogP contribution in [-0.4, -0.2) is 35.5 Å². The zero-order chi connectivity index (χ0) is 21.6. The molecule has 0 aromatic heterocycles. The Kier molecular flexibility index (Phi) is 11.8.